The van der Waals surface area contributed by atoms with E-state index in [1.807, 2.05) is 0 Å². The number of hydrogen-bond donors (Lipinski definition) is 0. The Morgan fingerprint density at radius 3 is 2.35 bits per heavy atom. The molecular formula is C27H35F3O. The van der Waals surface area contributed by atoms with Crippen molar-refractivity contribution >= 4 is 0 Å². The first-order valence-electron chi connectivity index (χ1n) is 11.9. The summed E-state index contributed by atoms with van der Waals surface area (Å²) in [6.45, 7) is 4.90. The summed E-state index contributed by atoms with van der Waals surface area (Å²) in [5.41, 5.74) is 1.35. The van der Waals surface area contributed by atoms with E-state index in [1.54, 1.807) is 24.3 Å². The molecule has 0 aliphatic carbocycles. The number of ether oxygens (including phenoxy) is 1. The van der Waals surface area contributed by atoms with E-state index in [1.165, 1.54) is 12.5 Å². The van der Waals surface area contributed by atoms with Gasteiger partial charge < -0.3 is 4.74 Å². The Hall–Kier alpha value is -1.81. The molecule has 0 N–H and O–H groups in total. The second-order valence-corrected chi connectivity index (χ2v) is 8.85. The number of unbranched alkanes of at least 4 members (excludes halogenated alkanes) is 4. The molecular weight excluding hydrogens is 397 g/mol. The van der Waals surface area contributed by atoms with Gasteiger partial charge in [0.05, 0.1) is 12.7 Å². The zero-order valence-electron chi connectivity index (χ0n) is 18.9. The van der Waals surface area contributed by atoms with Gasteiger partial charge in [-0.1, -0.05) is 70.2 Å². The van der Waals surface area contributed by atoms with E-state index < -0.39 is 17.7 Å². The number of aryl methyl sites for hydroxylation is 1. The summed E-state index contributed by atoms with van der Waals surface area (Å²) in [4.78, 5) is 0. The quantitative estimate of drug-likeness (QED) is 0.342. The number of rotatable bonds is 10. The molecule has 2 aromatic rings. The van der Waals surface area contributed by atoms with Crippen molar-refractivity contribution in [2.75, 3.05) is 6.61 Å². The van der Waals surface area contributed by atoms with Gasteiger partial charge >= 0.3 is 0 Å². The van der Waals surface area contributed by atoms with Crippen molar-refractivity contribution in [2.24, 2.45) is 5.92 Å². The van der Waals surface area contributed by atoms with E-state index in [0.29, 0.717) is 36.5 Å². The predicted molar refractivity (Wildman–Crippen MR) is 121 cm³/mol. The van der Waals surface area contributed by atoms with Crippen LogP contribution in [0.25, 0.3) is 11.1 Å². The van der Waals surface area contributed by atoms with Crippen LogP contribution in [-0.4, -0.2) is 6.61 Å². The molecule has 0 spiro atoms. The lowest BCUT2D eigenvalue weighted by atomic mass is 9.90. The van der Waals surface area contributed by atoms with Gasteiger partial charge in [0.1, 0.15) is 5.82 Å². The predicted octanol–water partition coefficient (Wildman–Crippen LogP) is 8.55. The van der Waals surface area contributed by atoms with Crippen LogP contribution in [0.5, 0.6) is 0 Å². The van der Waals surface area contributed by atoms with Crippen LogP contribution >= 0.6 is 0 Å². The molecule has 1 aliphatic heterocycles. The third-order valence-electron chi connectivity index (χ3n) is 6.46. The Morgan fingerprint density at radius 1 is 0.871 bits per heavy atom. The zero-order chi connectivity index (χ0) is 22.2. The van der Waals surface area contributed by atoms with Crippen molar-refractivity contribution in [3.05, 3.63) is 58.9 Å². The van der Waals surface area contributed by atoms with Crippen LogP contribution in [0.2, 0.25) is 0 Å². The Balaban J connectivity index is 1.70. The fourth-order valence-electron chi connectivity index (χ4n) is 4.47. The normalized spacial score (nSPS) is 19.0. The lowest BCUT2D eigenvalue weighted by Crippen LogP contribution is -2.21. The van der Waals surface area contributed by atoms with E-state index in [4.69, 9.17) is 4.74 Å². The first-order chi connectivity index (χ1) is 15.0. The Kier molecular flexibility index (Phi) is 9.01. The number of halogens is 3. The van der Waals surface area contributed by atoms with Crippen molar-refractivity contribution in [2.45, 2.75) is 84.2 Å². The summed E-state index contributed by atoms with van der Waals surface area (Å²) in [6.07, 6.45) is 9.65. The van der Waals surface area contributed by atoms with Gasteiger partial charge in [0, 0.05) is 11.1 Å². The lowest BCUT2D eigenvalue weighted by Gasteiger charge is -2.29. The van der Waals surface area contributed by atoms with E-state index in [0.717, 1.165) is 44.9 Å². The van der Waals surface area contributed by atoms with Gasteiger partial charge in [0.15, 0.2) is 11.6 Å². The van der Waals surface area contributed by atoms with Gasteiger partial charge in [0.25, 0.3) is 0 Å². The molecule has 0 saturated carbocycles. The monoisotopic (exact) mass is 432 g/mol. The molecule has 2 aromatic carbocycles. The number of hydrogen-bond acceptors (Lipinski definition) is 1. The number of benzene rings is 2. The molecule has 0 bridgehead atoms. The average Bonchev–Trinajstić information content (AvgIpc) is 2.78. The van der Waals surface area contributed by atoms with Crippen molar-refractivity contribution in [3.8, 4) is 11.1 Å². The molecule has 1 fully saturated rings. The molecule has 3 rings (SSSR count). The minimum Gasteiger partial charge on any atom is -0.373 e. The highest BCUT2D eigenvalue weighted by Crippen LogP contribution is 2.36. The fraction of sp³-hybridized carbons (Fsp3) is 0.556. The van der Waals surface area contributed by atoms with Crippen LogP contribution in [0.1, 0.15) is 88.9 Å². The molecule has 31 heavy (non-hydrogen) atoms. The first-order valence-corrected chi connectivity index (χ1v) is 11.9. The summed E-state index contributed by atoms with van der Waals surface area (Å²) in [5.74, 6) is -1.65. The highest BCUT2D eigenvalue weighted by Gasteiger charge is 2.27. The van der Waals surface area contributed by atoms with Crippen molar-refractivity contribution in [3.63, 3.8) is 0 Å². The van der Waals surface area contributed by atoms with Crippen LogP contribution < -0.4 is 0 Å². The van der Waals surface area contributed by atoms with Crippen LogP contribution in [-0.2, 0) is 11.2 Å². The molecule has 170 valence electrons. The van der Waals surface area contributed by atoms with Crippen molar-refractivity contribution in [1.29, 1.82) is 0 Å². The van der Waals surface area contributed by atoms with Crippen LogP contribution in [0.15, 0.2) is 30.3 Å². The molecule has 2 atom stereocenters. The van der Waals surface area contributed by atoms with Crippen molar-refractivity contribution < 1.29 is 17.9 Å². The Morgan fingerprint density at radius 2 is 1.68 bits per heavy atom. The molecule has 4 heteroatoms. The van der Waals surface area contributed by atoms with Gasteiger partial charge in [-0.3, -0.25) is 0 Å². The average molecular weight is 433 g/mol. The molecule has 1 heterocycles. The molecule has 0 radical (unpaired) electrons. The lowest BCUT2D eigenvalue weighted by molar-refractivity contribution is -0.0217. The SMILES string of the molecule is CCCCCCc1ccc(-c2ccc(C3CCC(CCCC)CO3)c(F)c2F)cc1F. The molecule has 2 unspecified atom stereocenters. The minimum absolute atomic E-state index is 0.0920. The van der Waals surface area contributed by atoms with Gasteiger partial charge in [-0.15, -0.1) is 0 Å². The smallest absolute Gasteiger partial charge is 0.167 e. The maximum absolute atomic E-state index is 14.9. The van der Waals surface area contributed by atoms with Crippen molar-refractivity contribution in [1.82, 2.24) is 0 Å². The summed E-state index contributed by atoms with van der Waals surface area (Å²) in [5, 5.41) is 0. The van der Waals surface area contributed by atoms with E-state index in [2.05, 4.69) is 13.8 Å². The molecule has 0 aromatic heterocycles. The summed E-state index contributed by atoms with van der Waals surface area (Å²) >= 11 is 0. The fourth-order valence-corrected chi connectivity index (χ4v) is 4.47. The zero-order valence-corrected chi connectivity index (χ0v) is 18.9. The second-order valence-electron chi connectivity index (χ2n) is 8.85. The standard InChI is InChI=1S/C27H35F3O/c1-3-5-7-8-10-20-12-13-21(17-24(20)28)22-14-15-23(27(30)26(22)29)25-16-11-19(18-31-25)9-6-4-2/h12-15,17,19,25H,3-11,16,18H2,1-2H3. The largest absolute Gasteiger partial charge is 0.373 e. The van der Waals surface area contributed by atoms with Gasteiger partial charge in [-0.05, 0) is 55.2 Å². The second kappa shape index (κ2) is 11.7. The Labute approximate surface area is 185 Å². The maximum Gasteiger partial charge on any atom is 0.167 e. The van der Waals surface area contributed by atoms with Gasteiger partial charge in [-0.25, -0.2) is 13.2 Å². The first kappa shape index (κ1) is 23.8. The summed E-state index contributed by atoms with van der Waals surface area (Å²) < 4.78 is 50.2. The molecule has 1 aliphatic rings. The minimum atomic E-state index is -0.927. The van der Waals surface area contributed by atoms with E-state index in [9.17, 15) is 13.2 Å². The van der Waals surface area contributed by atoms with Crippen LogP contribution in [0.4, 0.5) is 13.2 Å². The highest BCUT2D eigenvalue weighted by atomic mass is 19.2. The molecule has 1 nitrogen and oxygen atoms in total. The Bertz CT molecular complexity index is 841. The summed E-state index contributed by atoms with van der Waals surface area (Å²) in [7, 11) is 0. The third-order valence-corrected chi connectivity index (χ3v) is 6.46. The van der Waals surface area contributed by atoms with Crippen LogP contribution in [0, 0.1) is 23.4 Å². The topological polar surface area (TPSA) is 9.23 Å². The van der Waals surface area contributed by atoms with Crippen LogP contribution in [0.3, 0.4) is 0 Å². The van der Waals surface area contributed by atoms with Gasteiger partial charge in [0.2, 0.25) is 0 Å². The van der Waals surface area contributed by atoms with E-state index >= 15 is 0 Å². The van der Waals surface area contributed by atoms with E-state index in [-0.39, 0.29) is 16.9 Å². The molecule has 0 amide bonds. The van der Waals surface area contributed by atoms with Gasteiger partial charge in [-0.2, -0.15) is 0 Å². The molecule has 1 saturated heterocycles. The highest BCUT2D eigenvalue weighted by molar-refractivity contribution is 5.65. The maximum atomic E-state index is 14.9. The third kappa shape index (κ3) is 6.12. The summed E-state index contributed by atoms with van der Waals surface area (Å²) in [6, 6.07) is 7.85.